The van der Waals surface area contributed by atoms with Crippen LogP contribution in [0.1, 0.15) is 38.7 Å². The van der Waals surface area contributed by atoms with Crippen LogP contribution in [-0.2, 0) is 11.2 Å². The van der Waals surface area contributed by atoms with Gasteiger partial charge in [-0.3, -0.25) is 9.69 Å². The minimum atomic E-state index is 0. The zero-order valence-electron chi connectivity index (χ0n) is 16.0. The Morgan fingerprint density at radius 3 is 2.59 bits per heavy atom. The monoisotopic (exact) mass is 410 g/mol. The molecular weight excluding hydrogens is 383 g/mol. The van der Waals surface area contributed by atoms with E-state index in [1.54, 1.807) is 6.26 Å². The number of fused-ring (bicyclic) bond motifs is 1. The molecule has 0 radical (unpaired) electrons. The molecule has 6 heteroatoms. The summed E-state index contributed by atoms with van der Waals surface area (Å²) in [7, 11) is 0. The molecule has 148 valence electrons. The van der Waals surface area contributed by atoms with Crippen molar-refractivity contribution in [1.82, 2.24) is 9.80 Å². The lowest BCUT2D eigenvalue weighted by Crippen LogP contribution is -2.56. The van der Waals surface area contributed by atoms with E-state index in [2.05, 4.69) is 18.7 Å². The van der Waals surface area contributed by atoms with E-state index < -0.39 is 0 Å². The predicted octanol–water partition coefficient (Wildman–Crippen LogP) is 4.77. The molecule has 1 aromatic carbocycles. The third-order valence-electron chi connectivity index (χ3n) is 6.25. The minimum Gasteiger partial charge on any atom is -0.464 e. The fourth-order valence-electron chi connectivity index (χ4n) is 4.23. The van der Waals surface area contributed by atoms with Crippen LogP contribution >= 0.6 is 24.0 Å². The fourth-order valence-corrected chi connectivity index (χ4v) is 4.40. The van der Waals surface area contributed by atoms with Gasteiger partial charge < -0.3 is 9.32 Å². The van der Waals surface area contributed by atoms with E-state index in [0.29, 0.717) is 17.9 Å². The molecule has 0 atom stereocenters. The molecule has 0 N–H and O–H groups in total. The lowest BCUT2D eigenvalue weighted by Gasteiger charge is -2.44. The van der Waals surface area contributed by atoms with E-state index in [4.69, 9.17) is 16.0 Å². The molecule has 4 rings (SSSR count). The predicted molar refractivity (Wildman–Crippen MR) is 112 cm³/mol. The van der Waals surface area contributed by atoms with Gasteiger partial charge in [-0.2, -0.15) is 0 Å². The highest BCUT2D eigenvalue weighted by molar-refractivity contribution is 6.31. The van der Waals surface area contributed by atoms with Crippen LogP contribution in [-0.4, -0.2) is 47.4 Å². The summed E-state index contributed by atoms with van der Waals surface area (Å²) in [5.74, 6) is 1.08. The van der Waals surface area contributed by atoms with Gasteiger partial charge in [-0.05, 0) is 62.8 Å². The van der Waals surface area contributed by atoms with Crippen LogP contribution < -0.4 is 0 Å². The molecule has 27 heavy (non-hydrogen) atoms. The van der Waals surface area contributed by atoms with Crippen molar-refractivity contribution in [3.8, 4) is 0 Å². The lowest BCUT2D eigenvalue weighted by atomic mass is 9.95. The number of hydrogen-bond donors (Lipinski definition) is 0. The molecular formula is C21H28Cl2N2O2. The molecule has 0 bridgehead atoms. The first kappa shape index (κ1) is 20.5. The van der Waals surface area contributed by atoms with Crippen molar-refractivity contribution in [3.63, 3.8) is 0 Å². The largest absolute Gasteiger partial charge is 0.464 e. The molecule has 0 spiro atoms. The van der Waals surface area contributed by atoms with Crippen LogP contribution in [0.2, 0.25) is 5.02 Å². The molecule has 2 fully saturated rings. The summed E-state index contributed by atoms with van der Waals surface area (Å²) >= 11 is 6.09. The molecule has 1 amide bonds. The number of furan rings is 1. The van der Waals surface area contributed by atoms with Gasteiger partial charge >= 0.3 is 0 Å². The summed E-state index contributed by atoms with van der Waals surface area (Å²) in [5.41, 5.74) is 2.17. The third kappa shape index (κ3) is 4.28. The smallest absolute Gasteiger partial charge is 0.222 e. The summed E-state index contributed by atoms with van der Waals surface area (Å²) in [5, 5.41) is 1.71. The van der Waals surface area contributed by atoms with Crippen LogP contribution in [0.4, 0.5) is 0 Å². The van der Waals surface area contributed by atoms with Crippen molar-refractivity contribution in [1.29, 1.82) is 0 Å². The number of nitrogens with zero attached hydrogens (tertiary/aromatic N) is 2. The summed E-state index contributed by atoms with van der Waals surface area (Å²) in [4.78, 5) is 17.2. The molecule has 2 heterocycles. The molecule has 0 unspecified atom stereocenters. The maximum Gasteiger partial charge on any atom is 0.222 e. The van der Waals surface area contributed by atoms with Gasteiger partial charge in [0.2, 0.25) is 5.91 Å². The van der Waals surface area contributed by atoms with Crippen molar-refractivity contribution >= 4 is 40.9 Å². The topological polar surface area (TPSA) is 36.7 Å². The van der Waals surface area contributed by atoms with Crippen LogP contribution in [0, 0.1) is 5.92 Å². The Hall–Kier alpha value is -1.23. The number of piperazine rings is 1. The summed E-state index contributed by atoms with van der Waals surface area (Å²) in [6.45, 7) is 8.37. The van der Waals surface area contributed by atoms with Crippen LogP contribution in [0.15, 0.2) is 28.9 Å². The van der Waals surface area contributed by atoms with Crippen molar-refractivity contribution in [2.24, 2.45) is 5.92 Å². The SMILES string of the molecule is CC(C)(C1CC1)N1CCN(C(=O)CCc2coc3ccc(Cl)cc23)CC1.Cl. The second-order valence-electron chi connectivity index (χ2n) is 8.20. The Kier molecular flexibility index (Phi) is 6.09. The summed E-state index contributed by atoms with van der Waals surface area (Å²) < 4.78 is 5.57. The highest BCUT2D eigenvalue weighted by Crippen LogP contribution is 2.43. The van der Waals surface area contributed by atoms with Gasteiger partial charge in [0.05, 0.1) is 6.26 Å². The lowest BCUT2D eigenvalue weighted by molar-refractivity contribution is -0.133. The maximum absolute atomic E-state index is 12.6. The van der Waals surface area contributed by atoms with E-state index in [9.17, 15) is 4.79 Å². The molecule has 1 saturated heterocycles. The highest BCUT2D eigenvalue weighted by atomic mass is 35.5. The first-order valence-corrected chi connectivity index (χ1v) is 10.0. The van der Waals surface area contributed by atoms with Gasteiger partial charge in [0.1, 0.15) is 5.58 Å². The molecule has 2 aliphatic rings. The van der Waals surface area contributed by atoms with E-state index in [0.717, 1.165) is 48.6 Å². The molecule has 1 aliphatic carbocycles. The molecule has 4 nitrogen and oxygen atoms in total. The average Bonchev–Trinajstić information content (AvgIpc) is 3.43. The summed E-state index contributed by atoms with van der Waals surface area (Å²) in [6, 6.07) is 5.62. The second-order valence-corrected chi connectivity index (χ2v) is 8.63. The number of carbonyl (C=O) groups is 1. The zero-order chi connectivity index (χ0) is 18.3. The number of amides is 1. The number of halogens is 2. The van der Waals surface area contributed by atoms with Gasteiger partial charge in [0.25, 0.3) is 0 Å². The third-order valence-corrected chi connectivity index (χ3v) is 6.48. The Bertz CT molecular complexity index is 806. The van der Waals surface area contributed by atoms with E-state index in [-0.39, 0.29) is 23.9 Å². The highest BCUT2D eigenvalue weighted by Gasteiger charge is 2.42. The van der Waals surface area contributed by atoms with Crippen molar-refractivity contribution in [3.05, 3.63) is 35.0 Å². The van der Waals surface area contributed by atoms with E-state index in [1.807, 2.05) is 23.1 Å². The van der Waals surface area contributed by atoms with Gasteiger partial charge in [0, 0.05) is 48.5 Å². The Balaban J connectivity index is 0.00000210. The molecule has 1 aromatic heterocycles. The first-order chi connectivity index (χ1) is 12.4. The standard InChI is InChI=1S/C21H27ClN2O2.ClH/c1-21(2,16-4-5-16)24-11-9-23(10-12-24)20(25)8-3-15-14-26-19-7-6-17(22)13-18(15)19;/h6-7,13-14,16H,3-5,8-12H2,1-2H3;1H. The molecule has 1 aliphatic heterocycles. The molecule has 1 saturated carbocycles. The quantitative estimate of drug-likeness (QED) is 0.711. The van der Waals surface area contributed by atoms with E-state index in [1.165, 1.54) is 12.8 Å². The van der Waals surface area contributed by atoms with Crippen molar-refractivity contribution in [2.75, 3.05) is 26.2 Å². The average molecular weight is 411 g/mol. The van der Waals surface area contributed by atoms with Gasteiger partial charge in [-0.1, -0.05) is 11.6 Å². The van der Waals surface area contributed by atoms with Gasteiger partial charge in [0.15, 0.2) is 0 Å². The Morgan fingerprint density at radius 2 is 1.93 bits per heavy atom. The van der Waals surface area contributed by atoms with Crippen LogP contribution in [0.25, 0.3) is 11.0 Å². The van der Waals surface area contributed by atoms with Gasteiger partial charge in [-0.15, -0.1) is 12.4 Å². The first-order valence-electron chi connectivity index (χ1n) is 9.63. The minimum absolute atomic E-state index is 0. The normalized spacial score (nSPS) is 18.6. The van der Waals surface area contributed by atoms with Crippen molar-refractivity contribution in [2.45, 2.75) is 45.1 Å². The Morgan fingerprint density at radius 1 is 1.22 bits per heavy atom. The summed E-state index contributed by atoms with van der Waals surface area (Å²) in [6.07, 6.45) is 5.68. The van der Waals surface area contributed by atoms with Crippen LogP contribution in [0.3, 0.4) is 0 Å². The zero-order valence-corrected chi connectivity index (χ0v) is 17.6. The number of benzene rings is 1. The number of rotatable bonds is 5. The van der Waals surface area contributed by atoms with Crippen molar-refractivity contribution < 1.29 is 9.21 Å². The second kappa shape index (κ2) is 8.02. The van der Waals surface area contributed by atoms with Crippen LogP contribution in [0.5, 0.6) is 0 Å². The molecule has 2 aromatic rings. The number of hydrogen-bond acceptors (Lipinski definition) is 3. The number of carbonyl (C=O) groups excluding carboxylic acids is 1. The van der Waals surface area contributed by atoms with Gasteiger partial charge in [-0.25, -0.2) is 0 Å². The maximum atomic E-state index is 12.6. The van der Waals surface area contributed by atoms with E-state index >= 15 is 0 Å². The Labute approximate surface area is 172 Å². The number of aryl methyl sites for hydroxylation is 1. The fraction of sp³-hybridized carbons (Fsp3) is 0.571.